The third-order valence-electron chi connectivity index (χ3n) is 3.26. The van der Waals surface area contributed by atoms with E-state index in [0.29, 0.717) is 0 Å². The van der Waals surface area contributed by atoms with Crippen molar-refractivity contribution in [2.24, 2.45) is 5.73 Å². The lowest BCUT2D eigenvalue weighted by atomic mass is 10.1. The predicted molar refractivity (Wildman–Crippen MR) is 70.2 cm³/mol. The average molecular weight is 234 g/mol. The number of likely N-dealkylation sites (tertiary alicyclic amines) is 1. The van der Waals surface area contributed by atoms with E-state index < -0.39 is 0 Å². The van der Waals surface area contributed by atoms with Gasteiger partial charge in [0.15, 0.2) is 0 Å². The Balaban J connectivity index is 1.79. The van der Waals surface area contributed by atoms with Crippen molar-refractivity contribution in [3.63, 3.8) is 0 Å². The second kappa shape index (κ2) is 6.03. The number of rotatable bonds is 5. The van der Waals surface area contributed by atoms with Crippen molar-refractivity contribution in [2.75, 3.05) is 26.2 Å². The van der Waals surface area contributed by atoms with Crippen LogP contribution in [-0.2, 0) is 0 Å². The van der Waals surface area contributed by atoms with E-state index in [-0.39, 0.29) is 6.04 Å². The Kier molecular flexibility index (Phi) is 4.40. The van der Waals surface area contributed by atoms with Crippen LogP contribution in [-0.4, -0.2) is 31.1 Å². The minimum atomic E-state index is 0.0668. The molecule has 2 rings (SSSR count). The lowest BCUT2D eigenvalue weighted by molar-refractivity contribution is 0.237. The summed E-state index contributed by atoms with van der Waals surface area (Å²) in [7, 11) is 0. The van der Waals surface area contributed by atoms with Crippen LogP contribution in [0.4, 0.5) is 0 Å². The van der Waals surface area contributed by atoms with Crippen LogP contribution >= 0.6 is 0 Å². The molecule has 0 spiro atoms. The van der Waals surface area contributed by atoms with E-state index in [1.54, 1.807) is 0 Å². The number of hydrogen-bond acceptors (Lipinski definition) is 3. The lowest BCUT2D eigenvalue weighted by Gasteiger charge is -2.15. The van der Waals surface area contributed by atoms with Gasteiger partial charge in [-0.2, -0.15) is 0 Å². The van der Waals surface area contributed by atoms with E-state index in [0.717, 1.165) is 24.5 Å². The molecule has 0 aromatic heterocycles. The molecule has 3 heteroatoms. The largest absolute Gasteiger partial charge is 0.492 e. The molecule has 0 saturated carbocycles. The minimum Gasteiger partial charge on any atom is -0.492 e. The highest BCUT2D eigenvalue weighted by Gasteiger charge is 2.10. The lowest BCUT2D eigenvalue weighted by Crippen LogP contribution is -2.25. The van der Waals surface area contributed by atoms with Gasteiger partial charge in [-0.15, -0.1) is 0 Å². The van der Waals surface area contributed by atoms with E-state index in [1.165, 1.54) is 25.9 Å². The van der Waals surface area contributed by atoms with Crippen LogP contribution < -0.4 is 10.5 Å². The number of ether oxygens (including phenoxy) is 1. The molecule has 94 valence electrons. The first kappa shape index (κ1) is 12.4. The second-order valence-electron chi connectivity index (χ2n) is 4.76. The summed E-state index contributed by atoms with van der Waals surface area (Å²) in [5.41, 5.74) is 6.98. The first-order valence-corrected chi connectivity index (χ1v) is 6.46. The monoisotopic (exact) mass is 234 g/mol. The van der Waals surface area contributed by atoms with Crippen molar-refractivity contribution in [3.8, 4) is 5.75 Å². The Hall–Kier alpha value is -1.06. The van der Waals surface area contributed by atoms with Crippen molar-refractivity contribution in [3.05, 3.63) is 29.8 Å². The van der Waals surface area contributed by atoms with Crippen LogP contribution in [0.2, 0.25) is 0 Å². The fourth-order valence-corrected chi connectivity index (χ4v) is 2.19. The maximum absolute atomic E-state index is 5.85. The van der Waals surface area contributed by atoms with Crippen molar-refractivity contribution >= 4 is 0 Å². The highest BCUT2D eigenvalue weighted by Crippen LogP contribution is 2.17. The number of hydrogen-bond donors (Lipinski definition) is 1. The molecule has 1 atom stereocenters. The van der Waals surface area contributed by atoms with Gasteiger partial charge in [0.05, 0.1) is 0 Å². The minimum absolute atomic E-state index is 0.0668. The van der Waals surface area contributed by atoms with Gasteiger partial charge in [-0.05, 0) is 50.6 Å². The van der Waals surface area contributed by atoms with Crippen LogP contribution in [0.5, 0.6) is 5.75 Å². The maximum Gasteiger partial charge on any atom is 0.119 e. The zero-order valence-corrected chi connectivity index (χ0v) is 10.6. The zero-order valence-electron chi connectivity index (χ0n) is 10.6. The van der Waals surface area contributed by atoms with Gasteiger partial charge >= 0.3 is 0 Å². The highest BCUT2D eigenvalue weighted by molar-refractivity contribution is 5.30. The van der Waals surface area contributed by atoms with Gasteiger partial charge < -0.3 is 10.5 Å². The van der Waals surface area contributed by atoms with Gasteiger partial charge in [-0.3, -0.25) is 4.90 Å². The molecule has 0 amide bonds. The van der Waals surface area contributed by atoms with Crippen molar-refractivity contribution in [2.45, 2.75) is 25.8 Å². The molecular formula is C14H22N2O. The molecule has 1 aliphatic heterocycles. The molecule has 1 saturated heterocycles. The molecule has 0 unspecified atom stereocenters. The Morgan fingerprint density at radius 2 is 2.12 bits per heavy atom. The van der Waals surface area contributed by atoms with Gasteiger partial charge in [0.25, 0.3) is 0 Å². The molecule has 0 bridgehead atoms. The fourth-order valence-electron chi connectivity index (χ4n) is 2.19. The Labute approximate surface area is 104 Å². The topological polar surface area (TPSA) is 38.5 Å². The Morgan fingerprint density at radius 1 is 1.35 bits per heavy atom. The molecule has 1 aromatic carbocycles. The van der Waals surface area contributed by atoms with Crippen LogP contribution in [0.25, 0.3) is 0 Å². The summed E-state index contributed by atoms with van der Waals surface area (Å²) < 4.78 is 5.76. The van der Waals surface area contributed by atoms with Crippen molar-refractivity contribution in [1.82, 2.24) is 4.90 Å². The molecule has 3 nitrogen and oxygen atoms in total. The molecule has 2 N–H and O–H groups in total. The third-order valence-corrected chi connectivity index (χ3v) is 3.26. The SMILES string of the molecule is C[C@@H](N)c1cccc(OCCN2CCCC2)c1. The summed E-state index contributed by atoms with van der Waals surface area (Å²) in [5, 5.41) is 0. The number of nitrogens with zero attached hydrogens (tertiary/aromatic N) is 1. The summed E-state index contributed by atoms with van der Waals surface area (Å²) in [6.45, 7) is 6.24. The van der Waals surface area contributed by atoms with Gasteiger partial charge in [-0.25, -0.2) is 0 Å². The Morgan fingerprint density at radius 3 is 2.82 bits per heavy atom. The first-order chi connectivity index (χ1) is 8.25. The smallest absolute Gasteiger partial charge is 0.119 e. The van der Waals surface area contributed by atoms with Crippen LogP contribution in [0.3, 0.4) is 0 Å². The molecule has 1 aliphatic rings. The van der Waals surface area contributed by atoms with Crippen molar-refractivity contribution < 1.29 is 4.74 Å². The van der Waals surface area contributed by atoms with E-state index in [9.17, 15) is 0 Å². The van der Waals surface area contributed by atoms with Crippen LogP contribution in [0.15, 0.2) is 24.3 Å². The quantitative estimate of drug-likeness (QED) is 0.848. The van der Waals surface area contributed by atoms with Gasteiger partial charge in [-0.1, -0.05) is 12.1 Å². The molecule has 17 heavy (non-hydrogen) atoms. The molecule has 1 heterocycles. The Bertz CT molecular complexity index is 346. The molecular weight excluding hydrogens is 212 g/mol. The summed E-state index contributed by atoms with van der Waals surface area (Å²) >= 11 is 0. The fraction of sp³-hybridized carbons (Fsp3) is 0.571. The molecule has 0 aliphatic carbocycles. The highest BCUT2D eigenvalue weighted by atomic mass is 16.5. The second-order valence-corrected chi connectivity index (χ2v) is 4.76. The van der Waals surface area contributed by atoms with E-state index >= 15 is 0 Å². The van der Waals surface area contributed by atoms with E-state index in [4.69, 9.17) is 10.5 Å². The molecule has 1 fully saturated rings. The molecule has 0 radical (unpaired) electrons. The summed E-state index contributed by atoms with van der Waals surface area (Å²) in [4.78, 5) is 2.45. The van der Waals surface area contributed by atoms with E-state index in [1.807, 2.05) is 31.2 Å². The van der Waals surface area contributed by atoms with E-state index in [2.05, 4.69) is 4.90 Å². The standard InChI is InChI=1S/C14H22N2O/c1-12(15)13-5-4-6-14(11-13)17-10-9-16-7-2-3-8-16/h4-6,11-12H,2-3,7-10,15H2,1H3/t12-/m1/s1. The van der Waals surface area contributed by atoms with Crippen LogP contribution in [0.1, 0.15) is 31.4 Å². The van der Waals surface area contributed by atoms with Crippen LogP contribution in [0, 0.1) is 0 Å². The normalized spacial score (nSPS) is 18.2. The predicted octanol–water partition coefficient (Wildman–Crippen LogP) is 2.18. The van der Waals surface area contributed by atoms with Gasteiger partial charge in [0, 0.05) is 12.6 Å². The zero-order chi connectivity index (χ0) is 12.1. The number of nitrogens with two attached hydrogens (primary N) is 1. The average Bonchev–Trinajstić information content (AvgIpc) is 2.82. The summed E-state index contributed by atoms with van der Waals surface area (Å²) in [5.74, 6) is 0.930. The van der Waals surface area contributed by atoms with Gasteiger partial charge in [0.2, 0.25) is 0 Å². The maximum atomic E-state index is 5.85. The summed E-state index contributed by atoms with van der Waals surface area (Å²) in [6, 6.07) is 8.14. The van der Waals surface area contributed by atoms with Gasteiger partial charge in [0.1, 0.15) is 12.4 Å². The van der Waals surface area contributed by atoms with Crippen molar-refractivity contribution in [1.29, 1.82) is 0 Å². The summed E-state index contributed by atoms with van der Waals surface area (Å²) in [6.07, 6.45) is 2.67. The third kappa shape index (κ3) is 3.72. The molecule has 1 aromatic rings. The number of benzene rings is 1. The first-order valence-electron chi connectivity index (χ1n) is 6.46.